The second kappa shape index (κ2) is 3.32. The summed E-state index contributed by atoms with van der Waals surface area (Å²) in [6, 6.07) is 3.77. The summed E-state index contributed by atoms with van der Waals surface area (Å²) in [5, 5.41) is 4.10. The van der Waals surface area contributed by atoms with Crippen LogP contribution in [0, 0.1) is 0 Å². The molecular weight excluding hydrogens is 154 g/mol. The van der Waals surface area contributed by atoms with Gasteiger partial charge in [-0.25, -0.2) is 0 Å². The number of pyridine rings is 1. The van der Waals surface area contributed by atoms with Crippen molar-refractivity contribution in [1.82, 2.24) is 4.98 Å². The van der Waals surface area contributed by atoms with Gasteiger partial charge in [-0.1, -0.05) is 0 Å². The molecule has 2 heterocycles. The third-order valence-corrected chi connectivity index (χ3v) is 1.54. The van der Waals surface area contributed by atoms with Gasteiger partial charge in [-0.15, -0.1) is 0 Å². The van der Waals surface area contributed by atoms with Crippen LogP contribution in [0.5, 0.6) is 0 Å². The van der Waals surface area contributed by atoms with E-state index in [0.717, 1.165) is 11.4 Å². The number of aromatic nitrogens is 1. The van der Waals surface area contributed by atoms with Crippen molar-refractivity contribution in [3.8, 4) is 0 Å². The van der Waals surface area contributed by atoms with Crippen LogP contribution in [0.1, 0.15) is 0 Å². The molecule has 1 aliphatic heterocycles. The smallest absolute Gasteiger partial charge is 0.0896 e. The molecule has 0 aromatic carbocycles. The zero-order chi connectivity index (χ0) is 8.23. The minimum atomic E-state index is 0.646. The van der Waals surface area contributed by atoms with E-state index in [1.54, 1.807) is 12.4 Å². The van der Waals surface area contributed by atoms with Crippen LogP contribution in [0.2, 0.25) is 0 Å². The lowest BCUT2D eigenvalue weighted by Crippen LogP contribution is -2.28. The molecule has 0 bridgehead atoms. The van der Waals surface area contributed by atoms with Crippen molar-refractivity contribution < 1.29 is 4.74 Å². The largest absolute Gasteiger partial charge is 0.369 e. The molecule has 1 fully saturated rings. The fourth-order valence-electron chi connectivity index (χ4n) is 0.830. The maximum absolute atomic E-state index is 4.94. The Balaban J connectivity index is 1.95. The van der Waals surface area contributed by atoms with Gasteiger partial charge >= 0.3 is 0 Å². The molecule has 0 aliphatic carbocycles. The number of nitrogens with one attached hydrogen (secondary N) is 1. The number of nitrogens with zero attached hydrogens (tertiary/aromatic N) is 2. The molecule has 0 saturated carbocycles. The third kappa shape index (κ3) is 1.60. The van der Waals surface area contributed by atoms with E-state index in [-0.39, 0.29) is 0 Å². The van der Waals surface area contributed by atoms with Crippen LogP contribution < -0.4 is 5.43 Å². The molecule has 1 aromatic heterocycles. The number of hydrogen-bond acceptors (Lipinski definition) is 4. The van der Waals surface area contributed by atoms with Gasteiger partial charge in [-0.05, 0) is 12.1 Å². The van der Waals surface area contributed by atoms with Crippen molar-refractivity contribution in [2.24, 2.45) is 5.10 Å². The van der Waals surface area contributed by atoms with Crippen LogP contribution in [0.3, 0.4) is 0 Å². The van der Waals surface area contributed by atoms with E-state index in [1.807, 2.05) is 12.1 Å². The lowest BCUT2D eigenvalue weighted by molar-refractivity contribution is 0.159. The van der Waals surface area contributed by atoms with Crippen molar-refractivity contribution >= 4 is 11.4 Å². The third-order valence-electron chi connectivity index (χ3n) is 1.54. The van der Waals surface area contributed by atoms with Crippen molar-refractivity contribution in [3.63, 3.8) is 0 Å². The number of ether oxygens (including phenoxy) is 1. The second-order valence-electron chi connectivity index (χ2n) is 2.52. The second-order valence-corrected chi connectivity index (χ2v) is 2.52. The highest BCUT2D eigenvalue weighted by Crippen LogP contribution is 2.03. The van der Waals surface area contributed by atoms with Crippen molar-refractivity contribution in [1.29, 1.82) is 0 Å². The zero-order valence-electron chi connectivity index (χ0n) is 6.53. The molecule has 0 radical (unpaired) electrons. The van der Waals surface area contributed by atoms with Gasteiger partial charge in [0.2, 0.25) is 0 Å². The number of rotatable bonds is 2. The van der Waals surface area contributed by atoms with Gasteiger partial charge in [0, 0.05) is 6.20 Å². The summed E-state index contributed by atoms with van der Waals surface area (Å²) in [6.45, 7) is 1.29. The average Bonchev–Trinajstić information content (AvgIpc) is 2.04. The molecule has 1 aliphatic rings. The van der Waals surface area contributed by atoms with E-state index < -0.39 is 0 Å². The minimum absolute atomic E-state index is 0.646. The highest BCUT2D eigenvalue weighted by atomic mass is 16.5. The lowest BCUT2D eigenvalue weighted by Gasteiger charge is -2.15. The number of hydrogen-bond donors (Lipinski definition) is 1. The summed E-state index contributed by atoms with van der Waals surface area (Å²) in [5.41, 5.74) is 4.83. The molecule has 0 amide bonds. The Bertz CT molecular complexity index is 278. The summed E-state index contributed by atoms with van der Waals surface area (Å²) >= 11 is 0. The Morgan fingerprint density at radius 3 is 3.00 bits per heavy atom. The molecule has 62 valence electrons. The first kappa shape index (κ1) is 7.24. The first-order valence-corrected chi connectivity index (χ1v) is 3.74. The van der Waals surface area contributed by atoms with Gasteiger partial charge in [0.05, 0.1) is 30.8 Å². The topological polar surface area (TPSA) is 46.5 Å². The van der Waals surface area contributed by atoms with Gasteiger partial charge in [-0.3, -0.25) is 10.4 Å². The molecule has 0 unspecified atom stereocenters. The molecule has 0 spiro atoms. The van der Waals surface area contributed by atoms with Crippen LogP contribution in [0.25, 0.3) is 0 Å². The van der Waals surface area contributed by atoms with E-state index in [2.05, 4.69) is 15.5 Å². The Morgan fingerprint density at radius 1 is 1.50 bits per heavy atom. The van der Waals surface area contributed by atoms with E-state index in [1.165, 1.54) is 0 Å². The molecule has 1 saturated heterocycles. The molecule has 1 N–H and O–H groups in total. The van der Waals surface area contributed by atoms with Gasteiger partial charge in [0.25, 0.3) is 0 Å². The molecule has 2 rings (SSSR count). The first-order valence-electron chi connectivity index (χ1n) is 3.74. The SMILES string of the molecule is c1cncc(NN=C2COC2)c1. The Kier molecular flexibility index (Phi) is 2.00. The summed E-state index contributed by atoms with van der Waals surface area (Å²) in [5.74, 6) is 0. The maximum Gasteiger partial charge on any atom is 0.0896 e. The van der Waals surface area contributed by atoms with Crippen LogP contribution in [-0.2, 0) is 4.74 Å². The van der Waals surface area contributed by atoms with Gasteiger partial charge < -0.3 is 4.74 Å². The number of hydrazone groups is 1. The highest BCUT2D eigenvalue weighted by Gasteiger charge is 2.09. The van der Waals surface area contributed by atoms with E-state index in [4.69, 9.17) is 4.74 Å². The Morgan fingerprint density at radius 2 is 2.42 bits per heavy atom. The van der Waals surface area contributed by atoms with Crippen molar-refractivity contribution in [2.45, 2.75) is 0 Å². The van der Waals surface area contributed by atoms with Crippen molar-refractivity contribution in [2.75, 3.05) is 18.6 Å². The Hall–Kier alpha value is -1.42. The van der Waals surface area contributed by atoms with Crippen LogP contribution in [0.15, 0.2) is 29.6 Å². The predicted octanol–water partition coefficient (Wildman–Crippen LogP) is 0.880. The summed E-state index contributed by atoms with van der Waals surface area (Å²) in [4.78, 5) is 3.94. The van der Waals surface area contributed by atoms with Crippen LogP contribution in [0.4, 0.5) is 5.69 Å². The van der Waals surface area contributed by atoms with Gasteiger partial charge in [0.15, 0.2) is 0 Å². The minimum Gasteiger partial charge on any atom is -0.369 e. The number of anilines is 1. The van der Waals surface area contributed by atoms with Crippen LogP contribution >= 0.6 is 0 Å². The zero-order valence-corrected chi connectivity index (χ0v) is 6.53. The standard InChI is InChI=1S/C8H9N3O/c1-2-7(4-9-3-1)10-11-8-5-12-6-8/h1-4,10H,5-6H2. The van der Waals surface area contributed by atoms with Gasteiger partial charge in [0.1, 0.15) is 0 Å². The molecule has 12 heavy (non-hydrogen) atoms. The molecule has 1 aromatic rings. The fraction of sp³-hybridized carbons (Fsp3) is 0.250. The van der Waals surface area contributed by atoms with E-state index in [0.29, 0.717) is 13.2 Å². The van der Waals surface area contributed by atoms with Crippen molar-refractivity contribution in [3.05, 3.63) is 24.5 Å². The van der Waals surface area contributed by atoms with E-state index >= 15 is 0 Å². The summed E-state index contributed by atoms with van der Waals surface area (Å²) in [6.07, 6.45) is 3.45. The van der Waals surface area contributed by atoms with Gasteiger partial charge in [-0.2, -0.15) is 5.10 Å². The quantitative estimate of drug-likeness (QED) is 0.658. The fourth-order valence-corrected chi connectivity index (χ4v) is 0.830. The molecular formula is C8H9N3O. The lowest BCUT2D eigenvalue weighted by atomic mass is 10.3. The Labute approximate surface area is 70.3 Å². The molecule has 4 nitrogen and oxygen atoms in total. The monoisotopic (exact) mass is 163 g/mol. The van der Waals surface area contributed by atoms with Crippen LogP contribution in [-0.4, -0.2) is 23.9 Å². The highest BCUT2D eigenvalue weighted by molar-refractivity contribution is 5.91. The predicted molar refractivity (Wildman–Crippen MR) is 46.1 cm³/mol. The average molecular weight is 163 g/mol. The van der Waals surface area contributed by atoms with E-state index in [9.17, 15) is 0 Å². The maximum atomic E-state index is 4.94. The summed E-state index contributed by atoms with van der Waals surface area (Å²) < 4.78 is 4.94. The molecule has 4 heteroatoms. The normalized spacial score (nSPS) is 15.2. The first-order chi connectivity index (χ1) is 5.95. The summed E-state index contributed by atoms with van der Waals surface area (Å²) in [7, 11) is 0. The molecule has 0 atom stereocenters.